The summed E-state index contributed by atoms with van der Waals surface area (Å²) in [6, 6.07) is 17.5. The number of rotatable bonds is 6. The predicted octanol–water partition coefficient (Wildman–Crippen LogP) is 4.71. The Morgan fingerprint density at radius 1 is 1.12 bits per heavy atom. The van der Waals surface area contributed by atoms with E-state index < -0.39 is 11.9 Å². The lowest BCUT2D eigenvalue weighted by Gasteiger charge is -2.30. The Kier molecular flexibility index (Phi) is 6.51. The maximum Gasteiger partial charge on any atom is 0.336 e. The average molecular weight is 456 g/mol. The van der Waals surface area contributed by atoms with Gasteiger partial charge < -0.3 is 19.5 Å². The predicted molar refractivity (Wildman–Crippen MR) is 129 cm³/mol. The Balaban J connectivity index is 1.94. The van der Waals surface area contributed by atoms with Crippen molar-refractivity contribution in [1.82, 2.24) is 10.3 Å². The van der Waals surface area contributed by atoms with Crippen LogP contribution in [0, 0.1) is 11.3 Å². The molecule has 34 heavy (non-hydrogen) atoms. The normalized spacial score (nSPS) is 15.6. The van der Waals surface area contributed by atoms with Crippen LogP contribution in [0.2, 0.25) is 0 Å². The SMILES string of the molecule is CCOC(=O)C1=C(C)NC(c2cnc3ccccc3c2)=C(C#N)C1c1ccc(OC)c(OC)c1. The number of carbonyl (C=O) groups excluding carboxylic acids is 1. The molecule has 0 saturated heterocycles. The molecule has 0 spiro atoms. The van der Waals surface area contributed by atoms with Crippen LogP contribution in [0.15, 0.2) is 71.6 Å². The second kappa shape index (κ2) is 9.67. The first-order chi connectivity index (χ1) is 16.5. The monoisotopic (exact) mass is 455 g/mol. The fourth-order valence-electron chi connectivity index (χ4n) is 4.23. The Morgan fingerprint density at radius 2 is 1.88 bits per heavy atom. The van der Waals surface area contributed by atoms with Crippen molar-refractivity contribution in [3.63, 3.8) is 0 Å². The Labute approximate surface area is 198 Å². The molecule has 1 unspecified atom stereocenters. The number of carbonyl (C=O) groups is 1. The van der Waals surface area contributed by atoms with Gasteiger partial charge in [-0.2, -0.15) is 5.26 Å². The second-order valence-corrected chi connectivity index (χ2v) is 7.75. The Morgan fingerprint density at radius 3 is 2.59 bits per heavy atom. The zero-order valence-corrected chi connectivity index (χ0v) is 19.5. The molecule has 7 nitrogen and oxygen atoms in total. The van der Waals surface area contributed by atoms with Gasteiger partial charge in [-0.15, -0.1) is 0 Å². The van der Waals surface area contributed by atoms with Crippen molar-refractivity contribution in [3.05, 3.63) is 82.7 Å². The van der Waals surface area contributed by atoms with Gasteiger partial charge in [0.1, 0.15) is 0 Å². The van der Waals surface area contributed by atoms with Crippen molar-refractivity contribution in [1.29, 1.82) is 5.26 Å². The summed E-state index contributed by atoms with van der Waals surface area (Å²) in [4.78, 5) is 17.6. The quantitative estimate of drug-likeness (QED) is 0.538. The number of esters is 1. The van der Waals surface area contributed by atoms with Crippen molar-refractivity contribution in [2.75, 3.05) is 20.8 Å². The van der Waals surface area contributed by atoms with Crippen molar-refractivity contribution in [3.8, 4) is 17.6 Å². The van der Waals surface area contributed by atoms with Gasteiger partial charge in [-0.1, -0.05) is 24.3 Å². The first kappa shape index (κ1) is 22.9. The number of nitriles is 1. The number of pyridine rings is 1. The Bertz CT molecular complexity index is 1370. The molecule has 4 rings (SSSR count). The summed E-state index contributed by atoms with van der Waals surface area (Å²) in [5.74, 6) is -0.0760. The molecule has 0 saturated carbocycles. The van der Waals surface area contributed by atoms with E-state index in [4.69, 9.17) is 14.2 Å². The number of para-hydroxylation sites is 1. The molecule has 7 heteroatoms. The summed E-state index contributed by atoms with van der Waals surface area (Å²) in [5.41, 5.74) is 4.30. The van der Waals surface area contributed by atoms with Gasteiger partial charge in [0.15, 0.2) is 11.5 Å². The van der Waals surface area contributed by atoms with Crippen molar-refractivity contribution < 1.29 is 19.0 Å². The van der Waals surface area contributed by atoms with E-state index in [1.54, 1.807) is 39.5 Å². The molecule has 172 valence electrons. The number of ether oxygens (including phenoxy) is 3. The third-order valence-electron chi connectivity index (χ3n) is 5.80. The van der Waals surface area contributed by atoms with Crippen LogP contribution in [-0.2, 0) is 9.53 Å². The lowest BCUT2D eigenvalue weighted by Crippen LogP contribution is -2.29. The first-order valence-electron chi connectivity index (χ1n) is 10.9. The van der Waals surface area contributed by atoms with Crippen LogP contribution in [-0.4, -0.2) is 31.8 Å². The van der Waals surface area contributed by atoms with Crippen LogP contribution in [0.3, 0.4) is 0 Å². The molecule has 0 aliphatic carbocycles. The van der Waals surface area contributed by atoms with Gasteiger partial charge >= 0.3 is 5.97 Å². The highest BCUT2D eigenvalue weighted by atomic mass is 16.5. The molecule has 0 bridgehead atoms. The van der Waals surface area contributed by atoms with Crippen LogP contribution in [0.25, 0.3) is 16.6 Å². The Hall–Kier alpha value is -4.31. The fourth-order valence-corrected chi connectivity index (χ4v) is 4.23. The topological polar surface area (TPSA) is 93.5 Å². The minimum atomic E-state index is -0.661. The number of nitrogens with one attached hydrogen (secondary N) is 1. The number of methoxy groups -OCH3 is 2. The van der Waals surface area contributed by atoms with Crippen LogP contribution in [0.1, 0.15) is 30.9 Å². The summed E-state index contributed by atoms with van der Waals surface area (Å²) < 4.78 is 16.2. The molecule has 0 radical (unpaired) electrons. The van der Waals surface area contributed by atoms with Gasteiger partial charge in [-0.05, 0) is 43.7 Å². The van der Waals surface area contributed by atoms with E-state index in [-0.39, 0.29) is 6.61 Å². The number of benzene rings is 2. The average Bonchev–Trinajstić information content (AvgIpc) is 2.87. The van der Waals surface area contributed by atoms with Crippen LogP contribution in [0.5, 0.6) is 11.5 Å². The number of aromatic nitrogens is 1. The lowest BCUT2D eigenvalue weighted by molar-refractivity contribution is -0.138. The van der Waals surface area contributed by atoms with E-state index in [0.29, 0.717) is 39.6 Å². The van der Waals surface area contributed by atoms with Gasteiger partial charge in [0.25, 0.3) is 0 Å². The van der Waals surface area contributed by atoms with E-state index in [2.05, 4.69) is 16.4 Å². The van der Waals surface area contributed by atoms with Crippen molar-refractivity contribution in [2.24, 2.45) is 0 Å². The maximum atomic E-state index is 13.0. The van der Waals surface area contributed by atoms with E-state index in [1.807, 2.05) is 43.3 Å². The largest absolute Gasteiger partial charge is 0.493 e. The second-order valence-electron chi connectivity index (χ2n) is 7.75. The van der Waals surface area contributed by atoms with Gasteiger partial charge in [0.05, 0.1) is 55.2 Å². The smallest absolute Gasteiger partial charge is 0.336 e. The number of nitrogens with zero attached hydrogens (tertiary/aromatic N) is 2. The lowest BCUT2D eigenvalue weighted by atomic mass is 9.79. The highest BCUT2D eigenvalue weighted by molar-refractivity contribution is 5.96. The molecule has 1 atom stereocenters. The third kappa shape index (κ3) is 4.06. The van der Waals surface area contributed by atoms with E-state index >= 15 is 0 Å². The highest BCUT2D eigenvalue weighted by Gasteiger charge is 2.36. The molecular formula is C27H25N3O4. The number of dihydropyridines is 1. The number of fused-ring (bicyclic) bond motifs is 1. The molecule has 0 fully saturated rings. The molecule has 0 amide bonds. The maximum absolute atomic E-state index is 13.0. The van der Waals surface area contributed by atoms with Gasteiger partial charge in [-0.3, -0.25) is 4.98 Å². The minimum absolute atomic E-state index is 0.224. The van der Waals surface area contributed by atoms with E-state index in [9.17, 15) is 10.1 Å². The van der Waals surface area contributed by atoms with Gasteiger partial charge in [0.2, 0.25) is 0 Å². The summed E-state index contributed by atoms with van der Waals surface area (Å²) in [7, 11) is 3.10. The van der Waals surface area contributed by atoms with Gasteiger partial charge in [0, 0.05) is 22.8 Å². The summed E-state index contributed by atoms with van der Waals surface area (Å²) in [6.07, 6.45) is 1.73. The first-order valence-corrected chi connectivity index (χ1v) is 10.9. The van der Waals surface area contributed by atoms with Crippen LogP contribution < -0.4 is 14.8 Å². The van der Waals surface area contributed by atoms with E-state index in [0.717, 1.165) is 16.5 Å². The number of hydrogen-bond donors (Lipinski definition) is 1. The highest BCUT2D eigenvalue weighted by Crippen LogP contribution is 2.43. The van der Waals surface area contributed by atoms with Crippen molar-refractivity contribution in [2.45, 2.75) is 19.8 Å². The van der Waals surface area contributed by atoms with Crippen molar-refractivity contribution >= 4 is 22.6 Å². The van der Waals surface area contributed by atoms with Gasteiger partial charge in [-0.25, -0.2) is 4.79 Å². The number of allylic oxidation sites excluding steroid dienone is 2. The minimum Gasteiger partial charge on any atom is -0.493 e. The standard InChI is InChI=1S/C27H25N3O4/c1-5-34-27(31)24-16(2)30-26(19-12-17-8-6-7-9-21(17)29-15-19)20(14-28)25(24)18-10-11-22(32-3)23(13-18)33-4/h6-13,15,25,30H,5H2,1-4H3. The summed E-state index contributed by atoms with van der Waals surface area (Å²) >= 11 is 0. The molecule has 1 aliphatic heterocycles. The molecule has 3 aromatic rings. The molecule has 2 aromatic carbocycles. The van der Waals surface area contributed by atoms with Crippen LogP contribution in [0.4, 0.5) is 0 Å². The molecular weight excluding hydrogens is 430 g/mol. The number of hydrogen-bond acceptors (Lipinski definition) is 7. The fraction of sp³-hybridized carbons (Fsp3) is 0.222. The zero-order valence-electron chi connectivity index (χ0n) is 19.5. The molecule has 1 N–H and O–H groups in total. The molecule has 1 aromatic heterocycles. The molecule has 2 heterocycles. The molecule has 1 aliphatic rings. The van der Waals surface area contributed by atoms with E-state index in [1.165, 1.54) is 0 Å². The third-order valence-corrected chi connectivity index (χ3v) is 5.80. The summed E-state index contributed by atoms with van der Waals surface area (Å²) in [5, 5.41) is 14.5. The van der Waals surface area contributed by atoms with Crippen LogP contribution >= 0.6 is 0 Å². The summed E-state index contributed by atoms with van der Waals surface area (Å²) in [6.45, 7) is 3.78. The zero-order chi connectivity index (χ0) is 24.2.